The molecule has 138 valence electrons. The number of benzene rings is 2. The number of rotatable bonds is 6. The third kappa shape index (κ3) is 2.87. The summed E-state index contributed by atoms with van der Waals surface area (Å²) < 4.78 is 0. The van der Waals surface area contributed by atoms with E-state index in [1.165, 1.54) is 0 Å². The molecule has 2 aromatic carbocycles. The number of carboxylic acid groups (broad SMARTS) is 1. The highest BCUT2D eigenvalue weighted by atomic mass is 16.4. The predicted octanol–water partition coefficient (Wildman–Crippen LogP) is 3.45. The van der Waals surface area contributed by atoms with Gasteiger partial charge in [0.2, 0.25) is 0 Å². The van der Waals surface area contributed by atoms with Gasteiger partial charge in [-0.2, -0.15) is 0 Å². The Bertz CT molecular complexity index is 924. The minimum atomic E-state index is -0.806. The van der Waals surface area contributed by atoms with Gasteiger partial charge < -0.3 is 10.0 Å². The van der Waals surface area contributed by atoms with Crippen molar-refractivity contribution < 1.29 is 19.5 Å². The maximum atomic E-state index is 13.1. The Balaban J connectivity index is 1.66. The number of hydrogen-bond donors (Lipinski definition) is 1. The molecule has 2 amide bonds. The van der Waals surface area contributed by atoms with Crippen molar-refractivity contribution in [2.24, 2.45) is 0 Å². The van der Waals surface area contributed by atoms with E-state index in [2.05, 4.69) is 0 Å². The number of carbonyl (C=O) groups is 3. The van der Waals surface area contributed by atoms with Gasteiger partial charge in [-0.3, -0.25) is 19.3 Å². The van der Waals surface area contributed by atoms with E-state index in [0.29, 0.717) is 36.2 Å². The Kier molecular flexibility index (Phi) is 4.39. The third-order valence-corrected chi connectivity index (χ3v) is 5.17. The average molecular weight is 364 g/mol. The Morgan fingerprint density at radius 1 is 0.889 bits per heavy atom. The molecule has 0 aliphatic carbocycles. The van der Waals surface area contributed by atoms with Gasteiger partial charge in [-0.1, -0.05) is 36.8 Å². The number of carbonyl (C=O) groups excluding carboxylic acids is 2. The molecule has 6 nitrogen and oxygen atoms in total. The summed E-state index contributed by atoms with van der Waals surface area (Å²) in [4.78, 5) is 40.3. The van der Waals surface area contributed by atoms with Crippen LogP contribution in [-0.2, 0) is 4.79 Å². The zero-order valence-corrected chi connectivity index (χ0v) is 14.8. The zero-order chi connectivity index (χ0) is 19.0. The van der Waals surface area contributed by atoms with Crippen molar-refractivity contribution in [3.8, 4) is 0 Å². The molecule has 1 atom stereocenters. The van der Waals surface area contributed by atoms with Gasteiger partial charge in [-0.15, -0.1) is 0 Å². The lowest BCUT2D eigenvalue weighted by Gasteiger charge is -2.41. The number of para-hydroxylation sites is 1. The first-order chi connectivity index (χ1) is 13.1. The fourth-order valence-corrected chi connectivity index (χ4v) is 3.93. The number of aliphatic carboxylic acids is 1. The summed E-state index contributed by atoms with van der Waals surface area (Å²) in [5.41, 5.74) is 2.65. The lowest BCUT2D eigenvalue weighted by molar-refractivity contribution is -0.137. The highest BCUT2D eigenvalue weighted by Crippen LogP contribution is 2.45. The first-order valence-corrected chi connectivity index (χ1v) is 9.14. The molecule has 0 saturated carbocycles. The van der Waals surface area contributed by atoms with Crippen LogP contribution in [-0.4, -0.2) is 34.3 Å². The van der Waals surface area contributed by atoms with E-state index in [9.17, 15) is 14.4 Å². The van der Waals surface area contributed by atoms with Crippen molar-refractivity contribution in [1.29, 1.82) is 0 Å². The molecule has 0 bridgehead atoms. The second kappa shape index (κ2) is 6.87. The molecular formula is C21H20N2O4. The van der Waals surface area contributed by atoms with E-state index in [-0.39, 0.29) is 18.2 Å². The number of anilines is 1. The molecule has 0 saturated heterocycles. The topological polar surface area (TPSA) is 77.9 Å². The van der Waals surface area contributed by atoms with Crippen LogP contribution in [0, 0.1) is 0 Å². The molecule has 0 aromatic heterocycles. The summed E-state index contributed by atoms with van der Waals surface area (Å²) in [6.45, 7) is 0.482. The van der Waals surface area contributed by atoms with Crippen molar-refractivity contribution in [3.05, 3.63) is 65.2 Å². The SMILES string of the molecule is O=C(O)CCCCCN1C(=O)c2ccccc2N2C(=O)c3ccccc3[C@@H]12. The number of hydrogen-bond acceptors (Lipinski definition) is 3. The first-order valence-electron chi connectivity index (χ1n) is 9.14. The fourth-order valence-electron chi connectivity index (χ4n) is 3.93. The second-order valence-electron chi connectivity index (χ2n) is 6.86. The van der Waals surface area contributed by atoms with E-state index in [1.807, 2.05) is 30.3 Å². The van der Waals surface area contributed by atoms with Crippen LogP contribution in [0.25, 0.3) is 0 Å². The summed E-state index contributed by atoms with van der Waals surface area (Å²) >= 11 is 0. The Morgan fingerprint density at radius 2 is 1.59 bits per heavy atom. The maximum absolute atomic E-state index is 13.1. The van der Waals surface area contributed by atoms with Gasteiger partial charge in [-0.25, -0.2) is 0 Å². The van der Waals surface area contributed by atoms with E-state index < -0.39 is 12.1 Å². The fraction of sp³-hybridized carbons (Fsp3) is 0.286. The Morgan fingerprint density at radius 3 is 2.37 bits per heavy atom. The number of carboxylic acids is 1. The minimum Gasteiger partial charge on any atom is -0.481 e. The largest absolute Gasteiger partial charge is 0.481 e. The van der Waals surface area contributed by atoms with Crippen LogP contribution in [0.3, 0.4) is 0 Å². The van der Waals surface area contributed by atoms with Crippen LogP contribution in [0.1, 0.15) is 58.1 Å². The smallest absolute Gasteiger partial charge is 0.303 e. The number of nitrogens with zero attached hydrogens (tertiary/aromatic N) is 2. The zero-order valence-electron chi connectivity index (χ0n) is 14.8. The molecule has 4 rings (SSSR count). The van der Waals surface area contributed by atoms with Crippen molar-refractivity contribution in [2.45, 2.75) is 31.8 Å². The van der Waals surface area contributed by atoms with Gasteiger partial charge >= 0.3 is 5.97 Å². The molecule has 1 N–H and O–H groups in total. The van der Waals surface area contributed by atoms with Crippen LogP contribution >= 0.6 is 0 Å². The van der Waals surface area contributed by atoms with Gasteiger partial charge in [0.25, 0.3) is 11.8 Å². The Hall–Kier alpha value is -3.15. The average Bonchev–Trinajstić information content (AvgIpc) is 2.97. The summed E-state index contributed by atoms with van der Waals surface area (Å²) in [5.74, 6) is -0.986. The van der Waals surface area contributed by atoms with Crippen molar-refractivity contribution >= 4 is 23.5 Å². The molecular weight excluding hydrogens is 344 g/mol. The molecule has 0 fully saturated rings. The van der Waals surface area contributed by atoms with Crippen LogP contribution in [0.4, 0.5) is 5.69 Å². The molecule has 0 spiro atoms. The number of fused-ring (bicyclic) bond motifs is 5. The first kappa shape index (κ1) is 17.3. The molecule has 27 heavy (non-hydrogen) atoms. The summed E-state index contributed by atoms with van der Waals surface area (Å²) in [6, 6.07) is 14.6. The minimum absolute atomic E-state index is 0.0883. The van der Waals surface area contributed by atoms with E-state index in [0.717, 1.165) is 12.0 Å². The van der Waals surface area contributed by atoms with Crippen LogP contribution < -0.4 is 4.90 Å². The lowest BCUT2D eigenvalue weighted by Crippen LogP contribution is -2.48. The van der Waals surface area contributed by atoms with Crippen molar-refractivity contribution in [3.63, 3.8) is 0 Å². The monoisotopic (exact) mass is 364 g/mol. The summed E-state index contributed by atoms with van der Waals surface area (Å²) in [7, 11) is 0. The molecule has 0 radical (unpaired) electrons. The van der Waals surface area contributed by atoms with Gasteiger partial charge in [0.15, 0.2) is 0 Å². The second-order valence-corrected chi connectivity index (χ2v) is 6.86. The van der Waals surface area contributed by atoms with E-state index in [4.69, 9.17) is 5.11 Å². The van der Waals surface area contributed by atoms with Crippen LogP contribution in [0.2, 0.25) is 0 Å². The molecule has 2 aliphatic rings. The Labute approximate surface area is 157 Å². The van der Waals surface area contributed by atoms with E-state index in [1.54, 1.807) is 28.0 Å². The maximum Gasteiger partial charge on any atom is 0.303 e. The van der Waals surface area contributed by atoms with Gasteiger partial charge in [0.1, 0.15) is 6.17 Å². The van der Waals surface area contributed by atoms with Crippen LogP contribution in [0.15, 0.2) is 48.5 Å². The van der Waals surface area contributed by atoms with E-state index >= 15 is 0 Å². The molecule has 2 heterocycles. The number of amides is 2. The summed E-state index contributed by atoms with van der Waals surface area (Å²) in [6.07, 6.45) is 1.70. The highest BCUT2D eigenvalue weighted by molar-refractivity contribution is 6.16. The van der Waals surface area contributed by atoms with Gasteiger partial charge in [0.05, 0.1) is 11.3 Å². The molecule has 6 heteroatoms. The van der Waals surface area contributed by atoms with Crippen LogP contribution in [0.5, 0.6) is 0 Å². The molecule has 2 aliphatic heterocycles. The van der Waals surface area contributed by atoms with Crippen molar-refractivity contribution in [1.82, 2.24) is 4.90 Å². The predicted molar refractivity (Wildman–Crippen MR) is 99.6 cm³/mol. The highest BCUT2D eigenvalue weighted by Gasteiger charge is 2.47. The molecule has 2 aromatic rings. The van der Waals surface area contributed by atoms with Gasteiger partial charge in [0, 0.05) is 24.1 Å². The lowest BCUT2D eigenvalue weighted by atomic mass is 10.0. The molecule has 0 unspecified atom stereocenters. The quantitative estimate of drug-likeness (QED) is 0.797. The normalized spacial score (nSPS) is 17.6. The number of unbranched alkanes of at least 4 members (excludes halogenated alkanes) is 2. The van der Waals surface area contributed by atoms with Gasteiger partial charge in [-0.05, 0) is 31.0 Å². The standard InChI is InChI=1S/C21H20N2O4/c24-18(25)12-2-1-7-13-22-19-14-8-3-4-9-15(14)21(27)23(19)17-11-6-5-10-16(17)20(22)26/h3-6,8-11,19H,1-2,7,12-13H2,(H,24,25)/t19-/m0/s1. The van der Waals surface area contributed by atoms with Crippen molar-refractivity contribution in [2.75, 3.05) is 11.4 Å². The summed E-state index contributed by atoms with van der Waals surface area (Å²) in [5, 5.41) is 8.77. The third-order valence-electron chi connectivity index (χ3n) is 5.17.